The van der Waals surface area contributed by atoms with E-state index in [0.29, 0.717) is 60.0 Å². The third-order valence-electron chi connectivity index (χ3n) is 5.62. The standard InChI is InChI=1S/C33H32O10/c1-3-30(34)40-21-5-19-38-27-15-9-25(10-16-27)32(36)42-23-24-7-13-29(14-8-24)43-33(37)26-11-17-28(18-12-26)39-20-6-22-41-31(35)4-2/h3-4,7-18H,1-2,5-6,19-23H2. The summed E-state index contributed by atoms with van der Waals surface area (Å²) in [7, 11) is 0. The van der Waals surface area contributed by atoms with Crippen LogP contribution in [-0.2, 0) is 30.4 Å². The minimum atomic E-state index is -0.536. The van der Waals surface area contributed by atoms with Crippen molar-refractivity contribution in [2.45, 2.75) is 19.4 Å². The first-order valence-electron chi connectivity index (χ1n) is 13.4. The fourth-order valence-electron chi connectivity index (χ4n) is 3.39. The molecule has 10 nitrogen and oxygen atoms in total. The lowest BCUT2D eigenvalue weighted by atomic mass is 10.2. The van der Waals surface area contributed by atoms with Gasteiger partial charge in [-0.2, -0.15) is 0 Å². The maximum absolute atomic E-state index is 12.5. The lowest BCUT2D eigenvalue weighted by molar-refractivity contribution is -0.138. The molecule has 10 heteroatoms. The number of ether oxygens (including phenoxy) is 6. The Labute approximate surface area is 249 Å². The Balaban J connectivity index is 1.37. The van der Waals surface area contributed by atoms with Crippen molar-refractivity contribution in [3.63, 3.8) is 0 Å². The fourth-order valence-corrected chi connectivity index (χ4v) is 3.39. The van der Waals surface area contributed by atoms with Crippen LogP contribution in [0.2, 0.25) is 0 Å². The van der Waals surface area contributed by atoms with E-state index in [2.05, 4.69) is 13.2 Å². The van der Waals surface area contributed by atoms with Crippen molar-refractivity contribution in [2.75, 3.05) is 26.4 Å². The molecular weight excluding hydrogens is 556 g/mol. The second-order valence-corrected chi connectivity index (χ2v) is 8.81. The van der Waals surface area contributed by atoms with Crippen LogP contribution in [-0.4, -0.2) is 50.3 Å². The molecule has 0 atom stereocenters. The van der Waals surface area contributed by atoms with Gasteiger partial charge in [0.2, 0.25) is 0 Å². The summed E-state index contributed by atoms with van der Waals surface area (Å²) in [5.41, 5.74) is 1.42. The van der Waals surface area contributed by atoms with Crippen LogP contribution in [0.15, 0.2) is 98.1 Å². The Bertz CT molecular complexity index is 1380. The van der Waals surface area contributed by atoms with Gasteiger partial charge in [-0.25, -0.2) is 19.2 Å². The molecule has 0 aromatic heterocycles. The summed E-state index contributed by atoms with van der Waals surface area (Å²) < 4.78 is 31.7. The lowest BCUT2D eigenvalue weighted by Crippen LogP contribution is -2.09. The number of carbonyl (C=O) groups excluding carboxylic acids is 4. The third kappa shape index (κ3) is 11.6. The van der Waals surface area contributed by atoms with Crippen LogP contribution in [0.3, 0.4) is 0 Å². The van der Waals surface area contributed by atoms with Gasteiger partial charge in [0.05, 0.1) is 37.6 Å². The minimum absolute atomic E-state index is 0.0346. The van der Waals surface area contributed by atoms with Gasteiger partial charge in [-0.1, -0.05) is 25.3 Å². The average molecular weight is 589 g/mol. The summed E-state index contributed by atoms with van der Waals surface area (Å²) in [6.45, 7) is 7.83. The number of rotatable bonds is 17. The van der Waals surface area contributed by atoms with Gasteiger partial charge >= 0.3 is 23.9 Å². The molecule has 0 aliphatic heterocycles. The van der Waals surface area contributed by atoms with Crippen LogP contribution in [0, 0.1) is 0 Å². The van der Waals surface area contributed by atoms with E-state index in [1.165, 1.54) is 0 Å². The van der Waals surface area contributed by atoms with E-state index in [0.717, 1.165) is 12.2 Å². The Morgan fingerprint density at radius 1 is 0.535 bits per heavy atom. The molecule has 0 unspecified atom stereocenters. The first-order valence-corrected chi connectivity index (χ1v) is 13.4. The van der Waals surface area contributed by atoms with Crippen LogP contribution in [0.1, 0.15) is 39.1 Å². The second-order valence-electron chi connectivity index (χ2n) is 8.81. The quantitative estimate of drug-likeness (QED) is 0.0678. The Hall–Kier alpha value is -5.38. The molecule has 3 rings (SSSR count). The van der Waals surface area contributed by atoms with Crippen LogP contribution >= 0.6 is 0 Å². The zero-order valence-electron chi connectivity index (χ0n) is 23.5. The molecule has 0 saturated carbocycles. The molecule has 0 fully saturated rings. The summed E-state index contributed by atoms with van der Waals surface area (Å²) in [5, 5.41) is 0. The van der Waals surface area contributed by atoms with E-state index in [4.69, 9.17) is 28.4 Å². The van der Waals surface area contributed by atoms with E-state index in [-0.39, 0.29) is 19.8 Å². The molecule has 0 saturated heterocycles. The van der Waals surface area contributed by atoms with E-state index in [1.807, 2.05) is 0 Å². The first kappa shape index (κ1) is 32.1. The van der Waals surface area contributed by atoms with Crippen molar-refractivity contribution in [1.29, 1.82) is 0 Å². The Kier molecular flexibility index (Phi) is 13.0. The average Bonchev–Trinajstić information content (AvgIpc) is 3.04. The highest BCUT2D eigenvalue weighted by atomic mass is 16.5. The van der Waals surface area contributed by atoms with Gasteiger partial charge in [-0.15, -0.1) is 0 Å². The molecule has 0 amide bonds. The molecular formula is C33H32O10. The van der Waals surface area contributed by atoms with E-state index in [9.17, 15) is 19.2 Å². The third-order valence-corrected chi connectivity index (χ3v) is 5.62. The molecule has 0 aliphatic carbocycles. The zero-order valence-corrected chi connectivity index (χ0v) is 23.5. The maximum atomic E-state index is 12.5. The maximum Gasteiger partial charge on any atom is 0.343 e. The molecule has 0 heterocycles. The molecule has 0 spiro atoms. The molecule has 3 aromatic rings. The van der Waals surface area contributed by atoms with Crippen molar-refractivity contribution in [2.24, 2.45) is 0 Å². The van der Waals surface area contributed by atoms with Crippen LogP contribution in [0.4, 0.5) is 0 Å². The number of benzene rings is 3. The lowest BCUT2D eigenvalue weighted by Gasteiger charge is -2.09. The largest absolute Gasteiger partial charge is 0.493 e. The number of carbonyl (C=O) groups is 4. The molecule has 0 radical (unpaired) electrons. The summed E-state index contributed by atoms with van der Waals surface area (Å²) in [5.74, 6) is -0.521. The summed E-state index contributed by atoms with van der Waals surface area (Å²) in [6, 6.07) is 19.6. The number of hydrogen-bond acceptors (Lipinski definition) is 10. The highest BCUT2D eigenvalue weighted by Crippen LogP contribution is 2.18. The summed E-state index contributed by atoms with van der Waals surface area (Å²) in [6.07, 6.45) is 3.24. The molecule has 224 valence electrons. The highest BCUT2D eigenvalue weighted by molar-refractivity contribution is 5.91. The molecule has 3 aromatic carbocycles. The second kappa shape index (κ2) is 17.4. The molecule has 0 aliphatic rings. The van der Waals surface area contributed by atoms with Gasteiger partial charge in [0, 0.05) is 25.0 Å². The number of esters is 4. The molecule has 43 heavy (non-hydrogen) atoms. The van der Waals surface area contributed by atoms with Crippen molar-refractivity contribution < 1.29 is 47.6 Å². The summed E-state index contributed by atoms with van der Waals surface area (Å²) in [4.78, 5) is 46.9. The molecule has 0 N–H and O–H groups in total. The molecule has 0 bridgehead atoms. The number of hydrogen-bond donors (Lipinski definition) is 0. The van der Waals surface area contributed by atoms with Crippen LogP contribution < -0.4 is 14.2 Å². The highest BCUT2D eigenvalue weighted by Gasteiger charge is 2.11. The van der Waals surface area contributed by atoms with Gasteiger partial charge in [0.1, 0.15) is 23.9 Å². The zero-order chi connectivity index (χ0) is 30.9. The van der Waals surface area contributed by atoms with Gasteiger partial charge < -0.3 is 28.4 Å². The van der Waals surface area contributed by atoms with Crippen molar-refractivity contribution >= 4 is 23.9 Å². The summed E-state index contributed by atoms with van der Waals surface area (Å²) >= 11 is 0. The van der Waals surface area contributed by atoms with Crippen LogP contribution in [0.5, 0.6) is 17.2 Å². The van der Waals surface area contributed by atoms with E-state index in [1.54, 1.807) is 72.8 Å². The van der Waals surface area contributed by atoms with E-state index >= 15 is 0 Å². The first-order chi connectivity index (χ1) is 20.9. The van der Waals surface area contributed by atoms with Gasteiger partial charge in [-0.3, -0.25) is 0 Å². The van der Waals surface area contributed by atoms with Gasteiger partial charge in [0.15, 0.2) is 0 Å². The smallest absolute Gasteiger partial charge is 0.343 e. The van der Waals surface area contributed by atoms with Crippen LogP contribution in [0.25, 0.3) is 0 Å². The van der Waals surface area contributed by atoms with Gasteiger partial charge in [-0.05, 0) is 66.2 Å². The Morgan fingerprint density at radius 2 is 0.977 bits per heavy atom. The van der Waals surface area contributed by atoms with Gasteiger partial charge in [0.25, 0.3) is 0 Å². The normalized spacial score (nSPS) is 10.1. The fraction of sp³-hybridized carbons (Fsp3) is 0.212. The minimum Gasteiger partial charge on any atom is -0.493 e. The van der Waals surface area contributed by atoms with Crippen molar-refractivity contribution in [3.8, 4) is 17.2 Å². The SMILES string of the molecule is C=CC(=O)OCCCOc1ccc(C(=O)OCc2ccc(OC(=O)c3ccc(OCCCOC(=O)C=C)cc3)cc2)cc1. The van der Waals surface area contributed by atoms with Crippen molar-refractivity contribution in [3.05, 3.63) is 115 Å². The predicted octanol–water partition coefficient (Wildman–Crippen LogP) is 5.26. The van der Waals surface area contributed by atoms with Crippen molar-refractivity contribution in [1.82, 2.24) is 0 Å². The predicted molar refractivity (Wildman–Crippen MR) is 156 cm³/mol. The monoisotopic (exact) mass is 588 g/mol. The topological polar surface area (TPSA) is 124 Å². The van der Waals surface area contributed by atoms with E-state index < -0.39 is 23.9 Å². The Morgan fingerprint density at radius 3 is 1.44 bits per heavy atom.